The predicted molar refractivity (Wildman–Crippen MR) is 75.6 cm³/mol. The van der Waals surface area contributed by atoms with Gasteiger partial charge in [-0.15, -0.1) is 0 Å². The van der Waals surface area contributed by atoms with Gasteiger partial charge in [0.25, 0.3) is 0 Å². The van der Waals surface area contributed by atoms with Crippen molar-refractivity contribution in [2.75, 3.05) is 32.3 Å². The number of nitrogens with one attached hydrogen (secondary N) is 1. The summed E-state index contributed by atoms with van der Waals surface area (Å²) in [6.45, 7) is 2.65. The Morgan fingerprint density at radius 1 is 1.21 bits per heavy atom. The Bertz CT molecular complexity index is 499. The Labute approximate surface area is 114 Å². The predicted octanol–water partition coefficient (Wildman–Crippen LogP) is 1.23. The van der Waals surface area contributed by atoms with E-state index in [0.717, 1.165) is 17.1 Å². The van der Waals surface area contributed by atoms with Gasteiger partial charge in [0.05, 0.1) is 20.0 Å². The van der Waals surface area contributed by atoms with E-state index in [9.17, 15) is 8.42 Å². The molecule has 0 saturated heterocycles. The molecule has 0 spiro atoms. The largest absolute Gasteiger partial charge is 0.497 e. The Balaban J connectivity index is 2.54. The second kappa shape index (κ2) is 7.35. The number of hydrogen-bond acceptors (Lipinski definition) is 5. The zero-order valence-electron chi connectivity index (χ0n) is 11.6. The van der Waals surface area contributed by atoms with Gasteiger partial charge in [0.1, 0.15) is 11.5 Å². The highest BCUT2D eigenvalue weighted by Crippen LogP contribution is 2.24. The Kier molecular flexibility index (Phi) is 6.11. The normalized spacial score (nSPS) is 11.3. The topological polar surface area (TPSA) is 64.6 Å². The first kappa shape index (κ1) is 15.8. The molecule has 19 heavy (non-hydrogen) atoms. The highest BCUT2D eigenvalue weighted by Gasteiger charge is 2.08. The molecule has 0 aliphatic carbocycles. The number of sulfone groups is 1. The summed E-state index contributed by atoms with van der Waals surface area (Å²) in [5, 5.41) is 3.10. The molecule has 0 aliphatic heterocycles. The Morgan fingerprint density at radius 2 is 1.95 bits per heavy atom. The van der Waals surface area contributed by atoms with E-state index in [1.807, 2.05) is 12.1 Å². The average Bonchev–Trinajstić information content (AvgIpc) is 2.43. The molecule has 0 bridgehead atoms. The second-order valence-corrected chi connectivity index (χ2v) is 6.56. The molecule has 0 atom stereocenters. The molecular weight excluding hydrogens is 266 g/mol. The molecule has 108 valence electrons. The highest BCUT2D eigenvalue weighted by atomic mass is 32.2. The smallest absolute Gasteiger partial charge is 0.151 e. The quantitative estimate of drug-likeness (QED) is 0.729. The molecule has 0 aliphatic rings. The monoisotopic (exact) mass is 287 g/mol. The van der Waals surface area contributed by atoms with Gasteiger partial charge in [0.15, 0.2) is 9.84 Å². The van der Waals surface area contributed by atoms with Crippen molar-refractivity contribution in [2.45, 2.75) is 13.5 Å². The lowest BCUT2D eigenvalue weighted by molar-refractivity contribution is 0.390. The van der Waals surface area contributed by atoms with E-state index >= 15 is 0 Å². The van der Waals surface area contributed by atoms with E-state index < -0.39 is 9.84 Å². The van der Waals surface area contributed by atoms with Crippen LogP contribution >= 0.6 is 0 Å². The molecule has 5 nitrogen and oxygen atoms in total. The maximum atomic E-state index is 11.3. The fraction of sp³-hybridized carbons (Fsp3) is 0.538. The van der Waals surface area contributed by atoms with E-state index in [1.54, 1.807) is 27.2 Å². The van der Waals surface area contributed by atoms with Crippen molar-refractivity contribution in [2.24, 2.45) is 0 Å². The Morgan fingerprint density at radius 3 is 2.53 bits per heavy atom. The van der Waals surface area contributed by atoms with Crippen LogP contribution in [0.15, 0.2) is 18.2 Å². The third-order valence-electron chi connectivity index (χ3n) is 2.84. The Hall–Kier alpha value is -1.27. The van der Waals surface area contributed by atoms with Crippen molar-refractivity contribution >= 4 is 9.84 Å². The van der Waals surface area contributed by atoms with Gasteiger partial charge in [0, 0.05) is 30.5 Å². The van der Waals surface area contributed by atoms with E-state index in [4.69, 9.17) is 9.47 Å². The standard InChI is InChI=1S/C13H21NO4S/c1-4-19(15,16)8-7-14-10-11-5-6-12(17-2)9-13(11)18-3/h5-6,9,14H,4,7-8,10H2,1-3H3. The molecule has 0 saturated carbocycles. The molecule has 0 heterocycles. The van der Waals surface area contributed by atoms with E-state index in [0.29, 0.717) is 13.1 Å². The van der Waals surface area contributed by atoms with Gasteiger partial charge in [-0.05, 0) is 6.07 Å². The van der Waals surface area contributed by atoms with Gasteiger partial charge in [-0.25, -0.2) is 8.42 Å². The van der Waals surface area contributed by atoms with Crippen molar-refractivity contribution in [3.8, 4) is 11.5 Å². The third kappa shape index (κ3) is 5.08. The van der Waals surface area contributed by atoms with Crippen LogP contribution in [0.1, 0.15) is 12.5 Å². The molecule has 0 amide bonds. The molecular formula is C13H21NO4S. The summed E-state index contributed by atoms with van der Waals surface area (Å²) in [5.41, 5.74) is 0.970. The van der Waals surface area contributed by atoms with Crippen molar-refractivity contribution in [1.29, 1.82) is 0 Å². The molecule has 6 heteroatoms. The van der Waals surface area contributed by atoms with E-state index in [1.165, 1.54) is 0 Å². The maximum absolute atomic E-state index is 11.3. The SMILES string of the molecule is CCS(=O)(=O)CCNCc1ccc(OC)cc1OC. The number of methoxy groups -OCH3 is 2. The molecule has 1 N–H and O–H groups in total. The van der Waals surface area contributed by atoms with Crippen LogP contribution in [0.5, 0.6) is 11.5 Å². The lowest BCUT2D eigenvalue weighted by Gasteiger charge is -2.11. The van der Waals surface area contributed by atoms with E-state index in [-0.39, 0.29) is 11.5 Å². The number of rotatable bonds is 8. The number of benzene rings is 1. The minimum absolute atomic E-state index is 0.155. The molecule has 0 radical (unpaired) electrons. The van der Waals surface area contributed by atoms with Crippen LogP contribution in [-0.4, -0.2) is 40.7 Å². The van der Waals surface area contributed by atoms with Crippen LogP contribution in [0.3, 0.4) is 0 Å². The maximum Gasteiger partial charge on any atom is 0.151 e. The van der Waals surface area contributed by atoms with Crippen LogP contribution in [0.25, 0.3) is 0 Å². The van der Waals surface area contributed by atoms with Crippen molar-refractivity contribution < 1.29 is 17.9 Å². The van der Waals surface area contributed by atoms with Crippen LogP contribution in [0, 0.1) is 0 Å². The van der Waals surface area contributed by atoms with Crippen molar-refractivity contribution in [1.82, 2.24) is 5.32 Å². The molecule has 1 aromatic carbocycles. The highest BCUT2D eigenvalue weighted by molar-refractivity contribution is 7.91. The van der Waals surface area contributed by atoms with Crippen LogP contribution in [0.4, 0.5) is 0 Å². The fourth-order valence-electron chi connectivity index (χ4n) is 1.59. The fourth-order valence-corrected chi connectivity index (χ4v) is 2.34. The summed E-state index contributed by atoms with van der Waals surface area (Å²) in [7, 11) is 0.283. The van der Waals surface area contributed by atoms with Crippen LogP contribution < -0.4 is 14.8 Å². The summed E-state index contributed by atoms with van der Waals surface area (Å²) in [5.74, 6) is 1.79. The first-order valence-corrected chi connectivity index (χ1v) is 7.96. The minimum atomic E-state index is -2.91. The summed E-state index contributed by atoms with van der Waals surface area (Å²) < 4.78 is 33.1. The molecule has 0 unspecified atom stereocenters. The second-order valence-electron chi connectivity index (χ2n) is 4.09. The minimum Gasteiger partial charge on any atom is -0.497 e. The van der Waals surface area contributed by atoms with Crippen molar-refractivity contribution in [3.63, 3.8) is 0 Å². The van der Waals surface area contributed by atoms with Crippen LogP contribution in [-0.2, 0) is 16.4 Å². The van der Waals surface area contributed by atoms with Gasteiger partial charge in [-0.3, -0.25) is 0 Å². The van der Waals surface area contributed by atoms with Crippen LogP contribution in [0.2, 0.25) is 0 Å². The average molecular weight is 287 g/mol. The summed E-state index contributed by atoms with van der Waals surface area (Å²) >= 11 is 0. The molecule has 1 rings (SSSR count). The third-order valence-corrected chi connectivity index (χ3v) is 4.55. The number of ether oxygens (including phenoxy) is 2. The van der Waals surface area contributed by atoms with Gasteiger partial charge in [-0.2, -0.15) is 0 Å². The summed E-state index contributed by atoms with van der Waals surface area (Å²) in [4.78, 5) is 0. The molecule has 0 aromatic heterocycles. The van der Waals surface area contributed by atoms with Gasteiger partial charge in [-0.1, -0.05) is 13.0 Å². The summed E-state index contributed by atoms with van der Waals surface area (Å²) in [6.07, 6.45) is 0. The van der Waals surface area contributed by atoms with E-state index in [2.05, 4.69) is 5.32 Å². The number of hydrogen-bond donors (Lipinski definition) is 1. The first-order chi connectivity index (χ1) is 9.02. The molecule has 1 aromatic rings. The lowest BCUT2D eigenvalue weighted by atomic mass is 10.2. The summed E-state index contributed by atoms with van der Waals surface area (Å²) in [6, 6.07) is 5.56. The van der Waals surface area contributed by atoms with Gasteiger partial charge >= 0.3 is 0 Å². The van der Waals surface area contributed by atoms with Gasteiger partial charge in [0.2, 0.25) is 0 Å². The zero-order chi connectivity index (χ0) is 14.3. The first-order valence-electron chi connectivity index (χ1n) is 6.14. The molecule has 0 fully saturated rings. The van der Waals surface area contributed by atoms with Crippen molar-refractivity contribution in [3.05, 3.63) is 23.8 Å². The van der Waals surface area contributed by atoms with Gasteiger partial charge < -0.3 is 14.8 Å². The lowest BCUT2D eigenvalue weighted by Crippen LogP contribution is -2.23. The zero-order valence-corrected chi connectivity index (χ0v) is 12.4.